The van der Waals surface area contributed by atoms with Crippen LogP contribution in [0.3, 0.4) is 0 Å². The molecule has 0 unspecified atom stereocenters. The largest absolute Gasteiger partial charge is 0.507 e. The second-order valence-corrected chi connectivity index (χ2v) is 6.65. The maximum Gasteiger partial charge on any atom is 0.198 e. The Morgan fingerprint density at radius 3 is 2.45 bits per heavy atom. The molecule has 0 atom stereocenters. The molecule has 9 heteroatoms. The highest BCUT2D eigenvalue weighted by molar-refractivity contribution is 6.29. The van der Waals surface area contributed by atoms with E-state index in [0.29, 0.717) is 11.2 Å². The van der Waals surface area contributed by atoms with Crippen LogP contribution in [-0.4, -0.2) is 41.3 Å². The zero-order valence-corrected chi connectivity index (χ0v) is 14.8. The number of nitrogens with two attached hydrogens (primary N) is 1. The van der Waals surface area contributed by atoms with E-state index in [9.17, 15) is 19.8 Å². The Bertz CT molecular complexity index is 1360. The summed E-state index contributed by atoms with van der Waals surface area (Å²) in [5.41, 5.74) is 7.03. The average molecular weight is 387 g/mol. The van der Waals surface area contributed by atoms with Crippen molar-refractivity contribution in [3.63, 3.8) is 0 Å². The number of phenolic OH excluding ortho intramolecular Hbond substituents is 2. The standard InChI is InChI=1S/C20H13N5O4/c21-19-15-20(23-7-22-19)24-8-25(15)6-12-13(26)5-11-14(18(12)29)17(28)10-4-2-1-3-9(10)16(11)27/h1-5,7-8,26,29H,6H2,(H2,21,22,23). The molecule has 4 N–H and O–H groups in total. The van der Waals surface area contributed by atoms with Crippen molar-refractivity contribution in [2.75, 3.05) is 5.73 Å². The fourth-order valence-electron chi connectivity index (χ4n) is 3.64. The molecule has 142 valence electrons. The fraction of sp³-hybridized carbons (Fsp3) is 0.0500. The monoisotopic (exact) mass is 387 g/mol. The van der Waals surface area contributed by atoms with Crippen molar-refractivity contribution in [1.82, 2.24) is 19.5 Å². The highest BCUT2D eigenvalue weighted by atomic mass is 16.3. The molecule has 0 spiro atoms. The third-order valence-electron chi connectivity index (χ3n) is 5.04. The molecule has 1 aliphatic rings. The Balaban J connectivity index is 1.68. The minimum Gasteiger partial charge on any atom is -0.507 e. The van der Waals surface area contributed by atoms with Gasteiger partial charge in [-0.1, -0.05) is 24.3 Å². The van der Waals surface area contributed by atoms with E-state index in [4.69, 9.17) is 5.73 Å². The van der Waals surface area contributed by atoms with Crippen molar-refractivity contribution < 1.29 is 19.8 Å². The van der Waals surface area contributed by atoms with E-state index < -0.39 is 17.3 Å². The van der Waals surface area contributed by atoms with E-state index >= 15 is 0 Å². The molecule has 0 fully saturated rings. The van der Waals surface area contributed by atoms with Gasteiger partial charge in [0.2, 0.25) is 0 Å². The first-order valence-electron chi connectivity index (χ1n) is 8.65. The topological polar surface area (TPSA) is 144 Å². The van der Waals surface area contributed by atoms with Gasteiger partial charge in [0.1, 0.15) is 23.3 Å². The van der Waals surface area contributed by atoms with Crippen LogP contribution in [0.4, 0.5) is 5.82 Å². The van der Waals surface area contributed by atoms with Gasteiger partial charge in [-0.25, -0.2) is 15.0 Å². The predicted octanol–water partition coefficient (Wildman–Crippen LogP) is 1.64. The third kappa shape index (κ3) is 2.30. The fourth-order valence-corrected chi connectivity index (χ4v) is 3.64. The average Bonchev–Trinajstić information content (AvgIpc) is 3.13. The lowest BCUT2D eigenvalue weighted by atomic mass is 9.82. The lowest BCUT2D eigenvalue weighted by Gasteiger charge is -2.21. The van der Waals surface area contributed by atoms with Crippen molar-refractivity contribution in [2.24, 2.45) is 0 Å². The lowest BCUT2D eigenvalue weighted by molar-refractivity contribution is 0.0976. The molecule has 29 heavy (non-hydrogen) atoms. The molecule has 9 nitrogen and oxygen atoms in total. The number of benzene rings is 2. The minimum absolute atomic E-state index is 0.0363. The maximum atomic E-state index is 13.0. The molecule has 0 bridgehead atoms. The number of aromatic nitrogens is 4. The Morgan fingerprint density at radius 2 is 1.69 bits per heavy atom. The predicted molar refractivity (Wildman–Crippen MR) is 102 cm³/mol. The van der Waals surface area contributed by atoms with Gasteiger partial charge in [0, 0.05) is 16.7 Å². The van der Waals surface area contributed by atoms with Crippen molar-refractivity contribution in [2.45, 2.75) is 6.54 Å². The van der Waals surface area contributed by atoms with Gasteiger partial charge < -0.3 is 20.5 Å². The Hall–Kier alpha value is -4.27. The van der Waals surface area contributed by atoms with Gasteiger partial charge in [0.05, 0.1) is 24.0 Å². The second-order valence-electron chi connectivity index (χ2n) is 6.65. The summed E-state index contributed by atoms with van der Waals surface area (Å²) in [5.74, 6) is -1.50. The number of ketones is 2. The van der Waals surface area contributed by atoms with Gasteiger partial charge in [-0.3, -0.25) is 9.59 Å². The van der Waals surface area contributed by atoms with Gasteiger partial charge in [-0.15, -0.1) is 0 Å². The number of aromatic hydroxyl groups is 2. The van der Waals surface area contributed by atoms with Crippen LogP contribution in [-0.2, 0) is 6.54 Å². The molecule has 0 amide bonds. The SMILES string of the molecule is Nc1ncnc2ncn(Cc3c(O)cc4c(c3O)C(=O)c3ccccc3C4=O)c12. The number of carbonyl (C=O) groups excluding carboxylic acids is 2. The van der Waals surface area contributed by atoms with E-state index in [1.54, 1.807) is 22.8 Å². The quantitative estimate of drug-likeness (QED) is 0.415. The molecule has 0 radical (unpaired) electrons. The van der Waals surface area contributed by atoms with Gasteiger partial charge in [-0.05, 0) is 6.07 Å². The molecular formula is C20H13N5O4. The lowest BCUT2D eigenvalue weighted by Crippen LogP contribution is -2.21. The van der Waals surface area contributed by atoms with Crippen LogP contribution >= 0.6 is 0 Å². The number of nitrogens with zero attached hydrogens (tertiary/aromatic N) is 4. The Labute approximate surface area is 163 Å². The number of nitrogen functional groups attached to an aromatic ring is 1. The summed E-state index contributed by atoms with van der Waals surface area (Å²) in [6.07, 6.45) is 2.72. The van der Waals surface area contributed by atoms with Crippen molar-refractivity contribution >= 4 is 28.5 Å². The first-order valence-corrected chi connectivity index (χ1v) is 8.65. The van der Waals surface area contributed by atoms with Crippen LogP contribution in [0.2, 0.25) is 0 Å². The first kappa shape index (κ1) is 16.9. The van der Waals surface area contributed by atoms with E-state index in [1.807, 2.05) is 0 Å². The molecule has 5 rings (SSSR count). The molecule has 2 heterocycles. The highest BCUT2D eigenvalue weighted by Gasteiger charge is 2.34. The van der Waals surface area contributed by atoms with Crippen molar-refractivity contribution in [1.29, 1.82) is 0 Å². The summed E-state index contributed by atoms with van der Waals surface area (Å²) in [4.78, 5) is 37.8. The van der Waals surface area contributed by atoms with Crippen molar-refractivity contribution in [3.05, 3.63) is 70.8 Å². The summed E-state index contributed by atoms with van der Waals surface area (Å²) in [6, 6.07) is 7.58. The summed E-state index contributed by atoms with van der Waals surface area (Å²) >= 11 is 0. The van der Waals surface area contributed by atoms with Crippen LogP contribution in [0.25, 0.3) is 11.2 Å². The minimum atomic E-state index is -0.479. The first-order chi connectivity index (χ1) is 14.0. The van der Waals surface area contributed by atoms with Crippen LogP contribution < -0.4 is 5.73 Å². The molecule has 1 aliphatic carbocycles. The van der Waals surface area contributed by atoms with Crippen molar-refractivity contribution in [3.8, 4) is 11.5 Å². The number of imidazole rings is 1. The summed E-state index contributed by atoms with van der Waals surface area (Å²) in [6.45, 7) is -0.0534. The van der Waals surface area contributed by atoms with Gasteiger partial charge in [0.15, 0.2) is 23.0 Å². The molecule has 0 saturated carbocycles. The number of carbonyl (C=O) groups is 2. The Kier molecular flexibility index (Phi) is 3.41. The van der Waals surface area contributed by atoms with E-state index in [2.05, 4.69) is 15.0 Å². The van der Waals surface area contributed by atoms with Gasteiger partial charge in [0.25, 0.3) is 0 Å². The molecule has 2 aromatic heterocycles. The number of phenols is 2. The van der Waals surface area contributed by atoms with Crippen LogP contribution in [0.1, 0.15) is 37.4 Å². The highest BCUT2D eigenvalue weighted by Crippen LogP contribution is 2.40. The zero-order valence-electron chi connectivity index (χ0n) is 14.8. The number of hydrogen-bond acceptors (Lipinski definition) is 8. The van der Waals surface area contributed by atoms with E-state index in [0.717, 1.165) is 0 Å². The van der Waals surface area contributed by atoms with E-state index in [1.165, 1.54) is 24.8 Å². The number of anilines is 1. The number of rotatable bonds is 2. The zero-order chi connectivity index (χ0) is 20.3. The maximum absolute atomic E-state index is 13.0. The summed E-state index contributed by atoms with van der Waals surface area (Å²) < 4.78 is 1.55. The third-order valence-corrected chi connectivity index (χ3v) is 5.04. The summed E-state index contributed by atoms with van der Waals surface area (Å²) in [5, 5.41) is 21.4. The van der Waals surface area contributed by atoms with E-state index in [-0.39, 0.29) is 45.9 Å². The number of hydrogen-bond donors (Lipinski definition) is 3. The molecule has 0 saturated heterocycles. The van der Waals surface area contributed by atoms with Crippen LogP contribution in [0.15, 0.2) is 43.0 Å². The van der Waals surface area contributed by atoms with Crippen LogP contribution in [0, 0.1) is 0 Å². The molecule has 4 aromatic rings. The molecular weight excluding hydrogens is 374 g/mol. The second kappa shape index (κ2) is 5.86. The molecule has 2 aromatic carbocycles. The number of fused-ring (bicyclic) bond motifs is 3. The van der Waals surface area contributed by atoms with Crippen LogP contribution in [0.5, 0.6) is 11.5 Å². The normalized spacial score (nSPS) is 12.8. The smallest absolute Gasteiger partial charge is 0.198 e. The van der Waals surface area contributed by atoms with Gasteiger partial charge >= 0.3 is 0 Å². The summed E-state index contributed by atoms with van der Waals surface area (Å²) in [7, 11) is 0. The Morgan fingerprint density at radius 1 is 0.966 bits per heavy atom. The van der Waals surface area contributed by atoms with Gasteiger partial charge in [-0.2, -0.15) is 0 Å². The molecule has 0 aliphatic heterocycles.